The van der Waals surface area contributed by atoms with E-state index in [0.29, 0.717) is 17.0 Å². The molecule has 1 N–H and O–H groups in total. The molecule has 1 saturated heterocycles. The zero-order valence-corrected chi connectivity index (χ0v) is 16.6. The van der Waals surface area contributed by atoms with Gasteiger partial charge in [-0.25, -0.2) is 9.69 Å². The molecule has 0 atom stereocenters. The molecule has 0 spiro atoms. The Bertz CT molecular complexity index is 962. The Labute approximate surface area is 169 Å². The van der Waals surface area contributed by atoms with E-state index in [9.17, 15) is 14.4 Å². The van der Waals surface area contributed by atoms with E-state index >= 15 is 0 Å². The number of nitrogens with zero attached hydrogens (tertiary/aromatic N) is 2. The first-order valence-corrected chi connectivity index (χ1v) is 9.39. The third-order valence-electron chi connectivity index (χ3n) is 4.75. The maximum absolute atomic E-state index is 12.9. The maximum atomic E-state index is 12.9. The molecule has 2 aromatic carbocycles. The number of barbiturate groups is 1. The molecule has 1 aliphatic rings. The molecule has 7 heteroatoms. The number of rotatable bonds is 6. The molecule has 1 aliphatic heterocycles. The smallest absolute Gasteiger partial charge is 0.335 e. The van der Waals surface area contributed by atoms with Gasteiger partial charge in [-0.05, 0) is 49.8 Å². The van der Waals surface area contributed by atoms with Gasteiger partial charge in [0.25, 0.3) is 11.8 Å². The van der Waals surface area contributed by atoms with Crippen molar-refractivity contribution in [3.63, 3.8) is 0 Å². The van der Waals surface area contributed by atoms with Gasteiger partial charge in [0.2, 0.25) is 0 Å². The topological polar surface area (TPSA) is 79.0 Å². The van der Waals surface area contributed by atoms with Crippen LogP contribution in [0, 0.1) is 0 Å². The first-order valence-electron chi connectivity index (χ1n) is 9.39. The van der Waals surface area contributed by atoms with Crippen LogP contribution in [0.2, 0.25) is 0 Å². The van der Waals surface area contributed by atoms with Gasteiger partial charge in [-0.2, -0.15) is 0 Å². The van der Waals surface area contributed by atoms with Crippen LogP contribution in [0.4, 0.5) is 16.2 Å². The number of carbonyl (C=O) groups excluding carboxylic acids is 3. The molecule has 0 radical (unpaired) electrons. The molecule has 29 heavy (non-hydrogen) atoms. The minimum atomic E-state index is -0.790. The van der Waals surface area contributed by atoms with Crippen LogP contribution in [-0.4, -0.2) is 38.0 Å². The van der Waals surface area contributed by atoms with Gasteiger partial charge in [-0.15, -0.1) is 0 Å². The Morgan fingerprint density at radius 2 is 1.72 bits per heavy atom. The van der Waals surface area contributed by atoms with Crippen molar-refractivity contribution in [1.29, 1.82) is 0 Å². The maximum Gasteiger partial charge on any atom is 0.335 e. The van der Waals surface area contributed by atoms with Gasteiger partial charge in [0.1, 0.15) is 11.3 Å². The van der Waals surface area contributed by atoms with Gasteiger partial charge in [0.15, 0.2) is 0 Å². The zero-order valence-electron chi connectivity index (χ0n) is 16.6. The number of carbonyl (C=O) groups is 3. The summed E-state index contributed by atoms with van der Waals surface area (Å²) in [5, 5.41) is 2.22. The van der Waals surface area contributed by atoms with Crippen molar-refractivity contribution in [2.75, 3.05) is 30.0 Å². The normalized spacial score (nSPS) is 15.5. The number of hydrogen-bond donors (Lipinski definition) is 1. The SMILES string of the molecule is CCN(CC)c1ccc(C=C2C(=O)NC(=O)N(c3cccc(OC)c3)C2=O)cc1. The van der Waals surface area contributed by atoms with Crippen molar-refractivity contribution in [2.45, 2.75) is 13.8 Å². The van der Waals surface area contributed by atoms with Crippen molar-refractivity contribution >= 4 is 35.3 Å². The molecular formula is C22H23N3O4. The van der Waals surface area contributed by atoms with E-state index in [1.54, 1.807) is 24.3 Å². The first kappa shape index (κ1) is 20.1. The third kappa shape index (κ3) is 4.13. The number of urea groups is 1. The number of hydrogen-bond acceptors (Lipinski definition) is 5. The number of ether oxygens (including phenoxy) is 1. The Kier molecular flexibility index (Phi) is 5.97. The lowest BCUT2D eigenvalue weighted by molar-refractivity contribution is -0.122. The van der Waals surface area contributed by atoms with Crippen LogP contribution in [0.15, 0.2) is 54.1 Å². The van der Waals surface area contributed by atoms with Crippen LogP contribution in [0.5, 0.6) is 5.75 Å². The lowest BCUT2D eigenvalue weighted by atomic mass is 10.1. The predicted molar refractivity (Wildman–Crippen MR) is 112 cm³/mol. The van der Waals surface area contributed by atoms with E-state index in [4.69, 9.17) is 4.74 Å². The Morgan fingerprint density at radius 1 is 1.03 bits per heavy atom. The Balaban J connectivity index is 1.93. The van der Waals surface area contributed by atoms with Gasteiger partial charge in [-0.3, -0.25) is 14.9 Å². The number of nitrogens with one attached hydrogen (secondary N) is 1. The van der Waals surface area contributed by atoms with E-state index in [2.05, 4.69) is 24.1 Å². The van der Waals surface area contributed by atoms with Gasteiger partial charge in [0.05, 0.1) is 12.8 Å². The summed E-state index contributed by atoms with van der Waals surface area (Å²) in [4.78, 5) is 40.7. The minimum Gasteiger partial charge on any atom is -0.497 e. The molecule has 7 nitrogen and oxygen atoms in total. The van der Waals surface area contributed by atoms with Crippen molar-refractivity contribution in [1.82, 2.24) is 5.32 Å². The molecule has 0 bridgehead atoms. The van der Waals surface area contributed by atoms with Crippen LogP contribution in [-0.2, 0) is 9.59 Å². The van der Waals surface area contributed by atoms with Gasteiger partial charge in [0, 0.05) is 24.8 Å². The monoisotopic (exact) mass is 393 g/mol. The van der Waals surface area contributed by atoms with Crippen molar-refractivity contribution in [3.05, 3.63) is 59.7 Å². The highest BCUT2D eigenvalue weighted by atomic mass is 16.5. The molecule has 0 aromatic heterocycles. The van der Waals surface area contributed by atoms with Crippen LogP contribution in [0.1, 0.15) is 19.4 Å². The van der Waals surface area contributed by atoms with E-state index < -0.39 is 17.8 Å². The van der Waals surface area contributed by atoms with Crippen LogP contribution < -0.4 is 19.9 Å². The molecular weight excluding hydrogens is 370 g/mol. The van der Waals surface area contributed by atoms with E-state index in [-0.39, 0.29) is 5.57 Å². The summed E-state index contributed by atoms with van der Waals surface area (Å²) >= 11 is 0. The molecule has 0 aliphatic carbocycles. The lowest BCUT2D eigenvalue weighted by Crippen LogP contribution is -2.54. The number of imide groups is 2. The summed E-state index contributed by atoms with van der Waals surface area (Å²) in [6.45, 7) is 5.92. The Hall–Kier alpha value is -3.61. The second-order valence-electron chi connectivity index (χ2n) is 6.42. The standard InChI is InChI=1S/C22H23N3O4/c1-4-24(5-2)16-11-9-15(10-12-16)13-19-20(26)23-22(28)25(21(19)27)17-7-6-8-18(14-17)29-3/h6-14H,4-5H2,1-3H3,(H,23,26,28). The summed E-state index contributed by atoms with van der Waals surface area (Å²) in [6, 6.07) is 13.3. The predicted octanol–water partition coefficient (Wildman–Crippen LogP) is 3.21. The number of methoxy groups -OCH3 is 1. The second-order valence-corrected chi connectivity index (χ2v) is 6.42. The van der Waals surface area contributed by atoms with Crippen molar-refractivity contribution < 1.29 is 19.1 Å². The quantitative estimate of drug-likeness (QED) is 0.602. The molecule has 4 amide bonds. The summed E-state index contributed by atoms with van der Waals surface area (Å²) in [6.07, 6.45) is 1.49. The fourth-order valence-electron chi connectivity index (χ4n) is 3.18. The molecule has 0 saturated carbocycles. The van der Waals surface area contributed by atoms with E-state index in [1.165, 1.54) is 13.2 Å². The highest BCUT2D eigenvalue weighted by Gasteiger charge is 2.36. The largest absolute Gasteiger partial charge is 0.497 e. The van der Waals surface area contributed by atoms with E-state index in [0.717, 1.165) is 23.7 Å². The fourth-order valence-corrected chi connectivity index (χ4v) is 3.18. The number of benzene rings is 2. The van der Waals surface area contributed by atoms with E-state index in [1.807, 2.05) is 24.3 Å². The summed E-state index contributed by atoms with van der Waals surface area (Å²) < 4.78 is 5.15. The number of amides is 4. The summed E-state index contributed by atoms with van der Waals surface area (Å²) in [7, 11) is 1.49. The summed E-state index contributed by atoms with van der Waals surface area (Å²) in [5.74, 6) is -0.899. The fraction of sp³-hybridized carbons (Fsp3) is 0.227. The third-order valence-corrected chi connectivity index (χ3v) is 4.75. The van der Waals surface area contributed by atoms with Crippen molar-refractivity contribution in [3.8, 4) is 5.75 Å². The Morgan fingerprint density at radius 3 is 2.34 bits per heavy atom. The van der Waals surface area contributed by atoms with Crippen LogP contribution >= 0.6 is 0 Å². The van der Waals surface area contributed by atoms with Gasteiger partial charge >= 0.3 is 6.03 Å². The zero-order chi connectivity index (χ0) is 21.0. The number of anilines is 2. The molecule has 2 aromatic rings. The molecule has 150 valence electrons. The highest BCUT2D eigenvalue weighted by Crippen LogP contribution is 2.25. The van der Waals surface area contributed by atoms with Crippen LogP contribution in [0.3, 0.4) is 0 Å². The van der Waals surface area contributed by atoms with Gasteiger partial charge < -0.3 is 9.64 Å². The lowest BCUT2D eigenvalue weighted by Gasteiger charge is -2.26. The van der Waals surface area contributed by atoms with Gasteiger partial charge in [-0.1, -0.05) is 18.2 Å². The summed E-state index contributed by atoms with van der Waals surface area (Å²) in [5.41, 5.74) is 1.97. The van der Waals surface area contributed by atoms with Crippen molar-refractivity contribution in [2.24, 2.45) is 0 Å². The molecule has 1 fully saturated rings. The average Bonchev–Trinajstić information content (AvgIpc) is 2.73. The molecule has 1 heterocycles. The average molecular weight is 393 g/mol. The molecule has 0 unspecified atom stereocenters. The minimum absolute atomic E-state index is 0.108. The second kappa shape index (κ2) is 8.60. The first-order chi connectivity index (χ1) is 14.0. The highest BCUT2D eigenvalue weighted by molar-refractivity contribution is 6.39. The molecule has 3 rings (SSSR count). The van der Waals surface area contributed by atoms with Crippen LogP contribution in [0.25, 0.3) is 6.08 Å².